The molecule has 2 aromatic carbocycles. The number of carbonyl (C=O) groups is 1. The first-order chi connectivity index (χ1) is 11.0. The van der Waals surface area contributed by atoms with Crippen LogP contribution >= 0.6 is 0 Å². The predicted octanol–water partition coefficient (Wildman–Crippen LogP) is 2.77. The lowest BCUT2D eigenvalue weighted by atomic mass is 10.0. The summed E-state index contributed by atoms with van der Waals surface area (Å²) in [6.45, 7) is 7.75. The van der Waals surface area contributed by atoms with Crippen LogP contribution in [0.5, 0.6) is 0 Å². The lowest BCUT2D eigenvalue weighted by Gasteiger charge is -2.15. The molecule has 0 aliphatic carbocycles. The molecule has 3 heteroatoms. The van der Waals surface area contributed by atoms with Gasteiger partial charge in [0.15, 0.2) is 6.54 Å². The van der Waals surface area contributed by atoms with E-state index in [0.29, 0.717) is 12.5 Å². The predicted molar refractivity (Wildman–Crippen MR) is 95.8 cm³/mol. The molecule has 1 unspecified atom stereocenters. The lowest BCUT2D eigenvalue weighted by Crippen LogP contribution is -3.08. The monoisotopic (exact) mass is 311 g/mol. The fraction of sp³-hybridized carbons (Fsp3) is 0.350. The van der Waals surface area contributed by atoms with Gasteiger partial charge in [-0.3, -0.25) is 4.79 Å². The molecule has 0 saturated carbocycles. The highest BCUT2D eigenvalue weighted by molar-refractivity contribution is 5.91. The molecule has 0 heterocycles. The topological polar surface area (TPSA) is 33.5 Å². The van der Waals surface area contributed by atoms with Gasteiger partial charge in [-0.25, -0.2) is 0 Å². The van der Waals surface area contributed by atoms with Gasteiger partial charge in [-0.1, -0.05) is 50.2 Å². The van der Waals surface area contributed by atoms with Crippen molar-refractivity contribution >= 4 is 11.6 Å². The Morgan fingerprint density at radius 2 is 1.74 bits per heavy atom. The van der Waals surface area contributed by atoms with Crippen molar-refractivity contribution in [1.29, 1.82) is 0 Å². The molecule has 2 aromatic rings. The van der Waals surface area contributed by atoms with Crippen LogP contribution in [0.2, 0.25) is 0 Å². The fourth-order valence-corrected chi connectivity index (χ4v) is 2.63. The van der Waals surface area contributed by atoms with E-state index < -0.39 is 0 Å². The third-order valence-electron chi connectivity index (χ3n) is 4.08. The van der Waals surface area contributed by atoms with E-state index in [1.54, 1.807) is 0 Å². The van der Waals surface area contributed by atoms with Crippen LogP contribution in [-0.4, -0.2) is 19.5 Å². The normalized spacial score (nSPS) is 12.2. The van der Waals surface area contributed by atoms with Crippen molar-refractivity contribution in [1.82, 2.24) is 0 Å². The minimum absolute atomic E-state index is 0.0494. The Balaban J connectivity index is 1.87. The molecule has 0 bridgehead atoms. The minimum atomic E-state index is 0.0494. The Morgan fingerprint density at radius 3 is 2.35 bits per heavy atom. The molecule has 1 atom stereocenters. The standard InChI is InChI=1S/C20H26N2O/c1-15(2)17-9-11-19(12-10-17)21-20(23)14-22(4)13-18-8-6-5-7-16(18)3/h5-12,15H,13-14H2,1-4H3,(H,21,23)/p+1. The number of rotatable bonds is 6. The van der Waals surface area contributed by atoms with E-state index in [2.05, 4.69) is 50.4 Å². The molecule has 2 rings (SSSR count). The van der Waals surface area contributed by atoms with Gasteiger partial charge in [0.1, 0.15) is 6.54 Å². The van der Waals surface area contributed by atoms with Crippen molar-refractivity contribution in [3.8, 4) is 0 Å². The molecule has 3 nitrogen and oxygen atoms in total. The van der Waals surface area contributed by atoms with Gasteiger partial charge < -0.3 is 10.2 Å². The van der Waals surface area contributed by atoms with E-state index in [1.807, 2.05) is 31.3 Å². The Morgan fingerprint density at radius 1 is 1.09 bits per heavy atom. The van der Waals surface area contributed by atoms with Crippen LogP contribution in [0.1, 0.15) is 36.5 Å². The Kier molecular flexibility index (Phi) is 5.94. The maximum atomic E-state index is 12.2. The first kappa shape index (κ1) is 17.2. The number of carbonyl (C=O) groups excluding carboxylic acids is 1. The Labute approximate surface area is 139 Å². The third kappa shape index (κ3) is 5.22. The molecular formula is C20H27N2O+. The SMILES string of the molecule is Cc1ccccc1C[NH+](C)CC(=O)Nc1ccc(C(C)C)cc1. The Bertz CT molecular complexity index is 647. The van der Waals surface area contributed by atoms with E-state index in [0.717, 1.165) is 12.2 Å². The summed E-state index contributed by atoms with van der Waals surface area (Å²) in [4.78, 5) is 13.4. The number of nitrogens with one attached hydrogen (secondary N) is 2. The van der Waals surface area contributed by atoms with Crippen molar-refractivity contribution in [3.63, 3.8) is 0 Å². The maximum Gasteiger partial charge on any atom is 0.279 e. The van der Waals surface area contributed by atoms with E-state index in [9.17, 15) is 4.79 Å². The summed E-state index contributed by atoms with van der Waals surface area (Å²) in [6, 6.07) is 16.4. The van der Waals surface area contributed by atoms with Gasteiger partial charge in [0.25, 0.3) is 5.91 Å². The average Bonchev–Trinajstić information content (AvgIpc) is 2.50. The second-order valence-electron chi connectivity index (χ2n) is 6.56. The van der Waals surface area contributed by atoms with Crippen molar-refractivity contribution in [3.05, 3.63) is 65.2 Å². The zero-order valence-corrected chi connectivity index (χ0v) is 14.5. The zero-order chi connectivity index (χ0) is 16.8. The number of hydrogen-bond acceptors (Lipinski definition) is 1. The van der Waals surface area contributed by atoms with E-state index in [4.69, 9.17) is 0 Å². The van der Waals surface area contributed by atoms with Crippen LogP contribution in [0.3, 0.4) is 0 Å². The van der Waals surface area contributed by atoms with Crippen molar-refractivity contribution < 1.29 is 9.69 Å². The van der Waals surface area contributed by atoms with Crippen molar-refractivity contribution in [2.75, 3.05) is 18.9 Å². The molecule has 0 aliphatic rings. The molecule has 0 fully saturated rings. The van der Waals surface area contributed by atoms with Crippen molar-refractivity contribution in [2.24, 2.45) is 0 Å². The fourth-order valence-electron chi connectivity index (χ4n) is 2.63. The number of likely N-dealkylation sites (N-methyl/N-ethyl adjacent to an activating group) is 1. The van der Waals surface area contributed by atoms with E-state index in [-0.39, 0.29) is 5.91 Å². The second kappa shape index (κ2) is 7.93. The molecule has 0 radical (unpaired) electrons. The molecule has 0 spiro atoms. The Hall–Kier alpha value is -2.13. The molecule has 0 aliphatic heterocycles. The molecule has 2 N–H and O–H groups in total. The number of amides is 1. The van der Waals surface area contributed by atoms with Gasteiger partial charge in [-0.15, -0.1) is 0 Å². The van der Waals surface area contributed by atoms with Gasteiger partial charge in [0.2, 0.25) is 0 Å². The summed E-state index contributed by atoms with van der Waals surface area (Å²) < 4.78 is 0. The maximum absolute atomic E-state index is 12.2. The second-order valence-corrected chi connectivity index (χ2v) is 6.56. The van der Waals surface area contributed by atoms with Crippen LogP contribution in [0, 0.1) is 6.92 Å². The first-order valence-corrected chi connectivity index (χ1v) is 8.21. The van der Waals surface area contributed by atoms with Gasteiger partial charge in [-0.05, 0) is 36.1 Å². The number of anilines is 1. The number of hydrogen-bond donors (Lipinski definition) is 2. The van der Waals surface area contributed by atoms with Crippen LogP contribution < -0.4 is 10.2 Å². The summed E-state index contributed by atoms with van der Waals surface area (Å²) in [7, 11) is 2.05. The summed E-state index contributed by atoms with van der Waals surface area (Å²) in [6.07, 6.45) is 0. The van der Waals surface area contributed by atoms with Crippen molar-refractivity contribution in [2.45, 2.75) is 33.2 Å². The lowest BCUT2D eigenvalue weighted by molar-refractivity contribution is -0.885. The molecule has 0 aromatic heterocycles. The van der Waals surface area contributed by atoms with E-state index >= 15 is 0 Å². The highest BCUT2D eigenvalue weighted by Gasteiger charge is 2.12. The summed E-state index contributed by atoms with van der Waals surface area (Å²) in [5.41, 5.74) is 4.71. The molecule has 0 saturated heterocycles. The van der Waals surface area contributed by atoms with Crippen LogP contribution in [0.25, 0.3) is 0 Å². The van der Waals surface area contributed by atoms with Gasteiger partial charge >= 0.3 is 0 Å². The molecule has 1 amide bonds. The van der Waals surface area contributed by atoms with Gasteiger partial charge in [0, 0.05) is 11.3 Å². The minimum Gasteiger partial charge on any atom is -0.326 e. The number of aryl methyl sites for hydroxylation is 1. The van der Waals surface area contributed by atoms with E-state index in [1.165, 1.54) is 21.6 Å². The third-order valence-corrected chi connectivity index (χ3v) is 4.08. The average molecular weight is 311 g/mol. The molecule has 122 valence electrons. The summed E-state index contributed by atoms with van der Waals surface area (Å²) >= 11 is 0. The summed E-state index contributed by atoms with van der Waals surface area (Å²) in [5, 5.41) is 2.98. The highest BCUT2D eigenvalue weighted by atomic mass is 16.2. The van der Waals surface area contributed by atoms with Gasteiger partial charge in [0.05, 0.1) is 7.05 Å². The number of benzene rings is 2. The number of quaternary nitrogens is 1. The first-order valence-electron chi connectivity index (χ1n) is 8.21. The smallest absolute Gasteiger partial charge is 0.279 e. The molecule has 23 heavy (non-hydrogen) atoms. The van der Waals surface area contributed by atoms with Crippen LogP contribution in [0.4, 0.5) is 5.69 Å². The zero-order valence-electron chi connectivity index (χ0n) is 14.5. The highest BCUT2D eigenvalue weighted by Crippen LogP contribution is 2.16. The summed E-state index contributed by atoms with van der Waals surface area (Å²) in [5.74, 6) is 0.554. The largest absolute Gasteiger partial charge is 0.326 e. The van der Waals surface area contributed by atoms with Crippen LogP contribution in [0.15, 0.2) is 48.5 Å². The molecular weight excluding hydrogens is 284 g/mol. The quantitative estimate of drug-likeness (QED) is 0.845. The van der Waals surface area contributed by atoms with Gasteiger partial charge in [-0.2, -0.15) is 0 Å². The van der Waals surface area contributed by atoms with Crippen LogP contribution in [-0.2, 0) is 11.3 Å².